The van der Waals surface area contributed by atoms with Crippen molar-refractivity contribution in [1.29, 1.82) is 0 Å². The second-order valence-corrected chi connectivity index (χ2v) is 8.09. The summed E-state index contributed by atoms with van der Waals surface area (Å²) in [5.74, 6) is -2.45. The fourth-order valence-corrected chi connectivity index (χ4v) is 5.13. The van der Waals surface area contributed by atoms with Gasteiger partial charge in [-0.3, -0.25) is 4.79 Å². The number of piperidine rings is 1. The summed E-state index contributed by atoms with van der Waals surface area (Å²) in [6.07, 6.45) is -4.64. The predicted molar refractivity (Wildman–Crippen MR) is 80.1 cm³/mol. The van der Waals surface area contributed by atoms with E-state index in [-0.39, 0.29) is 25.4 Å². The molecule has 0 spiro atoms. The molecule has 2 rings (SSSR count). The molecular weight excluding hydrogens is 371 g/mol. The second-order valence-electron chi connectivity index (χ2n) is 5.81. The average Bonchev–Trinajstić information content (AvgIpc) is 2.45. The van der Waals surface area contributed by atoms with Gasteiger partial charge in [0, 0.05) is 13.1 Å². The van der Waals surface area contributed by atoms with Crippen LogP contribution in [0.5, 0.6) is 0 Å². The largest absolute Gasteiger partial charge is 0.481 e. The van der Waals surface area contributed by atoms with Crippen molar-refractivity contribution >= 4 is 27.6 Å². The number of alkyl halides is 3. The number of carboxylic acids is 1. The summed E-state index contributed by atoms with van der Waals surface area (Å²) < 4.78 is 65.8. The summed E-state index contributed by atoms with van der Waals surface area (Å²) >= 11 is 5.75. The highest BCUT2D eigenvalue weighted by atomic mass is 35.5. The first kappa shape index (κ1) is 19.0. The van der Waals surface area contributed by atoms with Gasteiger partial charge in [-0.1, -0.05) is 24.6 Å². The lowest BCUT2D eigenvalue weighted by molar-refractivity contribution is -0.143. The van der Waals surface area contributed by atoms with E-state index in [2.05, 4.69) is 0 Å². The van der Waals surface area contributed by atoms with Crippen LogP contribution in [0.2, 0.25) is 5.02 Å². The third-order valence-corrected chi connectivity index (χ3v) is 6.21. The van der Waals surface area contributed by atoms with Crippen molar-refractivity contribution in [3.8, 4) is 0 Å². The molecule has 0 amide bonds. The van der Waals surface area contributed by atoms with Crippen molar-refractivity contribution in [2.24, 2.45) is 11.8 Å². The minimum Gasteiger partial charge on any atom is -0.481 e. The van der Waals surface area contributed by atoms with Gasteiger partial charge in [0.15, 0.2) is 0 Å². The Labute approximate surface area is 142 Å². The number of carbonyl (C=O) groups is 1. The Bertz CT molecular complexity index is 751. The smallest absolute Gasteiger partial charge is 0.417 e. The second kappa shape index (κ2) is 6.53. The zero-order chi connectivity index (χ0) is 18.3. The maximum absolute atomic E-state index is 13.2. The summed E-state index contributed by atoms with van der Waals surface area (Å²) in [5, 5.41) is 8.57. The van der Waals surface area contributed by atoms with Gasteiger partial charge in [-0.15, -0.1) is 0 Å². The molecule has 1 heterocycles. The third-order valence-electron chi connectivity index (χ3n) is 3.85. The van der Waals surface area contributed by atoms with E-state index in [0.29, 0.717) is 6.07 Å². The van der Waals surface area contributed by atoms with Gasteiger partial charge >= 0.3 is 12.1 Å². The molecule has 0 saturated carbocycles. The number of nitrogens with zero attached hydrogens (tertiary/aromatic N) is 1. The molecule has 2 atom stereocenters. The topological polar surface area (TPSA) is 74.7 Å². The van der Waals surface area contributed by atoms with E-state index in [4.69, 9.17) is 16.7 Å². The minimum absolute atomic E-state index is 0.0609. The van der Waals surface area contributed by atoms with Crippen LogP contribution in [0, 0.1) is 11.8 Å². The average molecular weight is 386 g/mol. The zero-order valence-corrected chi connectivity index (χ0v) is 14.1. The first-order valence-corrected chi connectivity index (χ1v) is 8.85. The number of benzene rings is 1. The Hall–Kier alpha value is -1.32. The standard InChI is InChI=1S/C14H15ClF3NO4S/c1-8-5-9(13(20)21)7-19(6-8)24(22,23)12-10(14(16,17)18)3-2-4-11(12)15/h2-4,8-9H,5-7H2,1H3,(H,20,21). The number of halogens is 4. The molecule has 10 heteroatoms. The molecule has 1 fully saturated rings. The van der Waals surface area contributed by atoms with Crippen LogP contribution in [0.15, 0.2) is 23.1 Å². The molecule has 2 unspecified atom stereocenters. The molecule has 0 radical (unpaired) electrons. The fourth-order valence-electron chi connectivity index (χ4n) is 2.80. The van der Waals surface area contributed by atoms with E-state index in [1.807, 2.05) is 0 Å². The molecule has 1 aliphatic heterocycles. The first-order valence-electron chi connectivity index (χ1n) is 7.03. The van der Waals surface area contributed by atoms with Gasteiger partial charge in [0.1, 0.15) is 4.90 Å². The minimum atomic E-state index is -4.90. The quantitative estimate of drug-likeness (QED) is 0.867. The van der Waals surface area contributed by atoms with E-state index in [1.165, 1.54) is 0 Å². The number of hydrogen-bond donors (Lipinski definition) is 1. The molecule has 0 aliphatic carbocycles. The molecule has 5 nitrogen and oxygen atoms in total. The van der Waals surface area contributed by atoms with Crippen LogP contribution in [-0.4, -0.2) is 36.9 Å². The lowest BCUT2D eigenvalue weighted by Gasteiger charge is -2.34. The monoisotopic (exact) mass is 385 g/mol. The third kappa shape index (κ3) is 3.68. The Morgan fingerprint density at radius 1 is 1.33 bits per heavy atom. The Morgan fingerprint density at radius 2 is 1.96 bits per heavy atom. The van der Waals surface area contributed by atoms with Crippen LogP contribution in [0.3, 0.4) is 0 Å². The van der Waals surface area contributed by atoms with Gasteiger partial charge in [-0.2, -0.15) is 17.5 Å². The molecule has 0 bridgehead atoms. The van der Waals surface area contributed by atoms with Crippen LogP contribution >= 0.6 is 11.6 Å². The number of rotatable bonds is 3. The van der Waals surface area contributed by atoms with Crippen LogP contribution in [0.1, 0.15) is 18.9 Å². The fraction of sp³-hybridized carbons (Fsp3) is 0.500. The van der Waals surface area contributed by atoms with Crippen LogP contribution in [0.4, 0.5) is 13.2 Å². The number of hydrogen-bond acceptors (Lipinski definition) is 3. The summed E-state index contributed by atoms with van der Waals surface area (Å²) in [4.78, 5) is 10.1. The van der Waals surface area contributed by atoms with Gasteiger partial charge in [0.2, 0.25) is 10.0 Å². The van der Waals surface area contributed by atoms with Crippen molar-refractivity contribution in [3.05, 3.63) is 28.8 Å². The summed E-state index contributed by atoms with van der Waals surface area (Å²) in [6, 6.07) is 2.72. The molecule has 1 aliphatic rings. The normalized spacial score (nSPS) is 23.2. The molecular formula is C14H15ClF3NO4S. The number of sulfonamides is 1. The SMILES string of the molecule is CC1CC(C(=O)O)CN(S(=O)(=O)c2c(Cl)cccc2C(F)(F)F)C1. The highest BCUT2D eigenvalue weighted by Gasteiger charge is 2.43. The van der Waals surface area contributed by atoms with Gasteiger partial charge in [0.05, 0.1) is 16.5 Å². The number of carboxylic acid groups (broad SMARTS) is 1. The lowest BCUT2D eigenvalue weighted by Crippen LogP contribution is -2.45. The van der Waals surface area contributed by atoms with Gasteiger partial charge in [0.25, 0.3) is 0 Å². The van der Waals surface area contributed by atoms with E-state index in [0.717, 1.165) is 16.4 Å². The van der Waals surface area contributed by atoms with Gasteiger partial charge in [-0.05, 0) is 24.5 Å². The molecule has 1 aromatic carbocycles. The maximum Gasteiger partial charge on any atom is 0.417 e. The van der Waals surface area contributed by atoms with Crippen LogP contribution < -0.4 is 0 Å². The van der Waals surface area contributed by atoms with Crippen molar-refractivity contribution in [3.63, 3.8) is 0 Å². The molecule has 1 N–H and O–H groups in total. The molecule has 1 aromatic rings. The van der Waals surface area contributed by atoms with Crippen LogP contribution in [-0.2, 0) is 21.0 Å². The summed E-state index contributed by atoms with van der Waals surface area (Å²) in [7, 11) is -4.59. The molecule has 1 saturated heterocycles. The van der Waals surface area contributed by atoms with E-state index < -0.39 is 43.6 Å². The van der Waals surface area contributed by atoms with E-state index in [9.17, 15) is 26.4 Å². The molecule has 134 valence electrons. The lowest BCUT2D eigenvalue weighted by atomic mass is 9.92. The summed E-state index contributed by atoms with van der Waals surface area (Å²) in [6.45, 7) is 1.20. The van der Waals surface area contributed by atoms with Crippen molar-refractivity contribution in [2.45, 2.75) is 24.4 Å². The number of aliphatic carboxylic acids is 1. The molecule has 0 aromatic heterocycles. The van der Waals surface area contributed by atoms with Crippen LogP contribution in [0.25, 0.3) is 0 Å². The highest BCUT2D eigenvalue weighted by Crippen LogP contribution is 2.39. The van der Waals surface area contributed by atoms with Crippen molar-refractivity contribution in [2.75, 3.05) is 13.1 Å². The van der Waals surface area contributed by atoms with Crippen molar-refractivity contribution < 1.29 is 31.5 Å². The summed E-state index contributed by atoms with van der Waals surface area (Å²) in [5.41, 5.74) is -1.36. The van der Waals surface area contributed by atoms with Crippen molar-refractivity contribution in [1.82, 2.24) is 4.31 Å². The Kier molecular flexibility index (Phi) is 5.17. The Morgan fingerprint density at radius 3 is 2.50 bits per heavy atom. The van der Waals surface area contributed by atoms with E-state index >= 15 is 0 Å². The maximum atomic E-state index is 13.2. The Balaban J connectivity index is 2.53. The zero-order valence-electron chi connectivity index (χ0n) is 12.5. The molecule has 24 heavy (non-hydrogen) atoms. The predicted octanol–water partition coefficient (Wildman–Crippen LogP) is 3.09. The van der Waals surface area contributed by atoms with Gasteiger partial charge in [-0.25, -0.2) is 8.42 Å². The van der Waals surface area contributed by atoms with Gasteiger partial charge < -0.3 is 5.11 Å². The van der Waals surface area contributed by atoms with E-state index in [1.54, 1.807) is 6.92 Å². The first-order chi connectivity index (χ1) is 10.9. The highest BCUT2D eigenvalue weighted by molar-refractivity contribution is 7.89.